The lowest BCUT2D eigenvalue weighted by molar-refractivity contribution is -0.134. The van der Waals surface area contributed by atoms with E-state index in [-0.39, 0.29) is 42.7 Å². The summed E-state index contributed by atoms with van der Waals surface area (Å²) in [5.74, 6) is -0.0232. The molecule has 2 atom stereocenters. The van der Waals surface area contributed by atoms with Gasteiger partial charge in [-0.2, -0.15) is 0 Å². The fraction of sp³-hybridized carbons (Fsp3) is 0.591. The Hall–Kier alpha value is -2.37. The summed E-state index contributed by atoms with van der Waals surface area (Å²) in [6.45, 7) is 8.59. The van der Waals surface area contributed by atoms with Gasteiger partial charge in [-0.05, 0) is 40.5 Å². The van der Waals surface area contributed by atoms with Gasteiger partial charge in [0.1, 0.15) is 5.60 Å². The van der Waals surface area contributed by atoms with E-state index in [2.05, 4.69) is 0 Å². The minimum atomic E-state index is -0.528. The Morgan fingerprint density at radius 2 is 1.57 bits per heavy atom. The molecule has 0 aliphatic carbocycles. The van der Waals surface area contributed by atoms with Crippen molar-refractivity contribution in [1.82, 2.24) is 9.80 Å². The van der Waals surface area contributed by atoms with E-state index in [4.69, 9.17) is 4.74 Å². The van der Waals surface area contributed by atoms with Crippen LogP contribution in [-0.4, -0.2) is 58.4 Å². The Kier molecular flexibility index (Phi) is 5.77. The van der Waals surface area contributed by atoms with E-state index in [1.807, 2.05) is 61.8 Å². The summed E-state index contributed by atoms with van der Waals surface area (Å²) < 4.78 is 5.53. The Labute approximate surface area is 166 Å². The molecule has 0 radical (unpaired) electrons. The molecular formula is C22H30N2O4. The maximum atomic E-state index is 12.7. The van der Waals surface area contributed by atoms with Gasteiger partial charge in [0.25, 0.3) is 0 Å². The number of carbonyl (C=O) groups excluding carboxylic acids is 3. The van der Waals surface area contributed by atoms with Crippen molar-refractivity contribution < 1.29 is 19.1 Å². The number of amides is 2. The second-order valence-electron chi connectivity index (χ2n) is 8.86. The predicted octanol–water partition coefficient (Wildman–Crippen LogP) is 3.57. The molecule has 0 aromatic heterocycles. The van der Waals surface area contributed by atoms with Crippen molar-refractivity contribution in [1.29, 1.82) is 0 Å². The third kappa shape index (κ3) is 4.72. The van der Waals surface area contributed by atoms with Crippen molar-refractivity contribution >= 4 is 17.8 Å². The maximum Gasteiger partial charge on any atom is 0.410 e. The topological polar surface area (TPSA) is 66.9 Å². The Morgan fingerprint density at radius 1 is 1.00 bits per heavy atom. The fourth-order valence-corrected chi connectivity index (χ4v) is 3.98. The van der Waals surface area contributed by atoms with Crippen LogP contribution in [0.4, 0.5) is 4.79 Å². The molecule has 28 heavy (non-hydrogen) atoms. The van der Waals surface area contributed by atoms with Gasteiger partial charge in [0.15, 0.2) is 5.78 Å². The summed E-state index contributed by atoms with van der Waals surface area (Å²) in [7, 11) is 0. The molecule has 2 fully saturated rings. The van der Waals surface area contributed by atoms with Crippen LogP contribution >= 0.6 is 0 Å². The first-order chi connectivity index (χ1) is 13.1. The number of hydrogen-bond acceptors (Lipinski definition) is 4. The zero-order chi connectivity index (χ0) is 20.5. The average molecular weight is 386 g/mol. The Bertz CT molecular complexity index is 737. The largest absolute Gasteiger partial charge is 0.444 e. The molecule has 1 aromatic rings. The summed E-state index contributed by atoms with van der Waals surface area (Å²) in [5, 5.41) is 0. The zero-order valence-electron chi connectivity index (χ0n) is 17.2. The molecule has 2 aliphatic heterocycles. The molecule has 3 rings (SSSR count). The van der Waals surface area contributed by atoms with Crippen molar-refractivity contribution in [3.63, 3.8) is 0 Å². The van der Waals surface area contributed by atoms with Crippen LogP contribution in [0.25, 0.3) is 0 Å². The third-order valence-electron chi connectivity index (χ3n) is 5.38. The molecule has 152 valence electrons. The summed E-state index contributed by atoms with van der Waals surface area (Å²) >= 11 is 0. The number of carbonyl (C=O) groups is 3. The maximum absolute atomic E-state index is 12.7. The van der Waals surface area contributed by atoms with Crippen LogP contribution in [0.5, 0.6) is 0 Å². The van der Waals surface area contributed by atoms with Crippen LogP contribution < -0.4 is 0 Å². The number of rotatable bonds is 4. The number of aryl methyl sites for hydroxylation is 1. The van der Waals surface area contributed by atoms with E-state index in [9.17, 15) is 14.4 Å². The number of nitrogens with zero attached hydrogens (tertiary/aromatic N) is 2. The van der Waals surface area contributed by atoms with Gasteiger partial charge < -0.3 is 9.64 Å². The molecule has 2 heterocycles. The highest BCUT2D eigenvalue weighted by Crippen LogP contribution is 2.32. The number of ketones is 1. The van der Waals surface area contributed by atoms with Crippen LogP contribution in [0.2, 0.25) is 0 Å². The summed E-state index contributed by atoms with van der Waals surface area (Å²) in [4.78, 5) is 41.1. The van der Waals surface area contributed by atoms with Crippen molar-refractivity contribution in [2.45, 2.75) is 71.1 Å². The van der Waals surface area contributed by atoms with Gasteiger partial charge in [-0.25, -0.2) is 4.79 Å². The highest BCUT2D eigenvalue weighted by Gasteiger charge is 2.45. The number of benzene rings is 1. The van der Waals surface area contributed by atoms with Gasteiger partial charge >= 0.3 is 6.09 Å². The molecule has 6 heteroatoms. The number of hydrogen-bond donors (Lipinski definition) is 0. The Morgan fingerprint density at radius 3 is 2.11 bits per heavy atom. The first-order valence-electron chi connectivity index (χ1n) is 10.0. The summed E-state index contributed by atoms with van der Waals surface area (Å²) in [6, 6.07) is 7.44. The molecule has 6 nitrogen and oxygen atoms in total. The third-order valence-corrected chi connectivity index (χ3v) is 5.38. The number of likely N-dealkylation sites (tertiary alicyclic amines) is 1. The molecule has 2 aliphatic rings. The van der Waals surface area contributed by atoms with Crippen molar-refractivity contribution in [3.8, 4) is 0 Å². The second kappa shape index (κ2) is 7.94. The molecule has 2 saturated heterocycles. The number of ether oxygens (including phenoxy) is 1. The van der Waals surface area contributed by atoms with E-state index in [0.717, 1.165) is 18.4 Å². The van der Waals surface area contributed by atoms with Gasteiger partial charge in [0.2, 0.25) is 5.91 Å². The molecule has 1 aromatic carbocycles. The zero-order valence-corrected chi connectivity index (χ0v) is 17.2. The lowest BCUT2D eigenvalue weighted by Crippen LogP contribution is -2.57. The van der Waals surface area contributed by atoms with E-state index in [0.29, 0.717) is 18.7 Å². The lowest BCUT2D eigenvalue weighted by Gasteiger charge is -2.41. The molecule has 0 saturated carbocycles. The Balaban J connectivity index is 1.54. The van der Waals surface area contributed by atoms with Crippen LogP contribution in [0.15, 0.2) is 24.3 Å². The first-order valence-corrected chi connectivity index (χ1v) is 10.0. The quantitative estimate of drug-likeness (QED) is 0.742. The average Bonchev–Trinajstić information content (AvgIpc) is 2.88. The number of fused-ring (bicyclic) bond motifs is 2. The minimum absolute atomic E-state index is 0.00495. The number of piperazine rings is 1. The van der Waals surface area contributed by atoms with Gasteiger partial charge in [-0.1, -0.05) is 29.8 Å². The molecule has 0 N–H and O–H groups in total. The smallest absolute Gasteiger partial charge is 0.410 e. The first kappa shape index (κ1) is 20.4. The van der Waals surface area contributed by atoms with Gasteiger partial charge in [-0.15, -0.1) is 0 Å². The van der Waals surface area contributed by atoms with Crippen LogP contribution in [0.1, 0.15) is 62.4 Å². The fourth-order valence-electron chi connectivity index (χ4n) is 3.98. The van der Waals surface area contributed by atoms with E-state index < -0.39 is 5.60 Å². The van der Waals surface area contributed by atoms with Gasteiger partial charge in [0.05, 0.1) is 12.1 Å². The van der Waals surface area contributed by atoms with E-state index in [1.165, 1.54) is 0 Å². The molecule has 2 bridgehead atoms. The van der Waals surface area contributed by atoms with E-state index >= 15 is 0 Å². The highest BCUT2D eigenvalue weighted by atomic mass is 16.6. The minimum Gasteiger partial charge on any atom is -0.444 e. The van der Waals surface area contributed by atoms with Gasteiger partial charge in [0, 0.05) is 31.5 Å². The van der Waals surface area contributed by atoms with Crippen LogP contribution in [0.3, 0.4) is 0 Å². The molecular weight excluding hydrogens is 356 g/mol. The summed E-state index contributed by atoms with van der Waals surface area (Å²) in [6.07, 6.45) is 1.90. The van der Waals surface area contributed by atoms with Crippen LogP contribution in [0, 0.1) is 6.92 Å². The lowest BCUT2D eigenvalue weighted by atomic mass is 10.0. The molecule has 2 unspecified atom stereocenters. The highest BCUT2D eigenvalue weighted by molar-refractivity contribution is 5.98. The summed E-state index contributed by atoms with van der Waals surface area (Å²) in [5.41, 5.74) is 1.22. The standard InChI is InChI=1S/C22H30N2O4/c1-15-5-7-16(8-6-15)19(25)11-12-20(26)23-13-17-9-10-18(14-23)24(17)21(27)28-22(2,3)4/h5-8,17-18H,9-14H2,1-4H3. The number of Topliss-reactive ketones (excluding diaryl/α,β-unsaturated/α-hetero) is 1. The van der Waals surface area contributed by atoms with Crippen LogP contribution in [-0.2, 0) is 9.53 Å². The monoisotopic (exact) mass is 386 g/mol. The molecule has 2 amide bonds. The molecule has 0 spiro atoms. The normalized spacial score (nSPS) is 21.6. The second-order valence-corrected chi connectivity index (χ2v) is 8.86. The van der Waals surface area contributed by atoms with Crippen molar-refractivity contribution in [2.75, 3.05) is 13.1 Å². The SMILES string of the molecule is Cc1ccc(C(=O)CCC(=O)N2CC3CCC(C2)N3C(=O)OC(C)(C)C)cc1. The van der Waals surface area contributed by atoms with Crippen molar-refractivity contribution in [2.24, 2.45) is 0 Å². The van der Waals surface area contributed by atoms with Gasteiger partial charge in [-0.3, -0.25) is 14.5 Å². The predicted molar refractivity (Wildman–Crippen MR) is 106 cm³/mol. The van der Waals surface area contributed by atoms with Crippen molar-refractivity contribution in [3.05, 3.63) is 35.4 Å². The van der Waals surface area contributed by atoms with E-state index in [1.54, 1.807) is 0 Å².